The minimum Gasteiger partial charge on any atom is -0.409 e. The zero-order valence-corrected chi connectivity index (χ0v) is 10.9. The van der Waals surface area contributed by atoms with E-state index < -0.39 is 5.82 Å². The predicted molar refractivity (Wildman–Crippen MR) is 71.5 cm³/mol. The summed E-state index contributed by atoms with van der Waals surface area (Å²) in [6.07, 6.45) is 1.21. The minimum absolute atomic E-state index is 0.0887. The van der Waals surface area contributed by atoms with Crippen LogP contribution < -0.4 is 11.1 Å². The molecule has 5 N–H and O–H groups in total. The Bertz CT molecular complexity index is 436. The zero-order chi connectivity index (χ0) is 14.3. The largest absolute Gasteiger partial charge is 0.409 e. The Kier molecular flexibility index (Phi) is 6.24. The van der Waals surface area contributed by atoms with Gasteiger partial charge in [0.25, 0.3) is 0 Å². The molecule has 0 aromatic heterocycles. The first-order chi connectivity index (χ1) is 9.06. The molecule has 0 radical (unpaired) electrons. The Morgan fingerprint density at radius 3 is 2.89 bits per heavy atom. The van der Waals surface area contributed by atoms with E-state index in [0.29, 0.717) is 25.1 Å². The van der Waals surface area contributed by atoms with Crippen LogP contribution in [0.25, 0.3) is 0 Å². The molecule has 1 unspecified atom stereocenters. The Labute approximate surface area is 111 Å². The molecule has 6 heteroatoms. The van der Waals surface area contributed by atoms with E-state index in [1.54, 1.807) is 19.1 Å². The molecule has 1 rings (SSSR count). The van der Waals surface area contributed by atoms with E-state index in [-0.39, 0.29) is 17.5 Å². The summed E-state index contributed by atoms with van der Waals surface area (Å²) in [5, 5.41) is 23.5. The average Bonchev–Trinajstić information content (AvgIpc) is 2.39. The molecular formula is C13H20FN3O2. The second kappa shape index (κ2) is 7.70. The SMILES string of the molecule is CC(O)CCCNCc1cccc(/C(N)=N/O)c1F. The smallest absolute Gasteiger partial charge is 0.173 e. The molecule has 1 aromatic rings. The molecule has 0 amide bonds. The third kappa shape index (κ3) is 4.84. The van der Waals surface area contributed by atoms with Gasteiger partial charge in [-0.3, -0.25) is 0 Å². The first kappa shape index (κ1) is 15.4. The summed E-state index contributed by atoms with van der Waals surface area (Å²) < 4.78 is 14.0. The van der Waals surface area contributed by atoms with E-state index in [2.05, 4.69) is 10.5 Å². The Morgan fingerprint density at radius 1 is 1.53 bits per heavy atom. The second-order valence-electron chi connectivity index (χ2n) is 4.43. The fraction of sp³-hybridized carbons (Fsp3) is 0.462. The van der Waals surface area contributed by atoms with Crippen molar-refractivity contribution in [3.8, 4) is 0 Å². The number of oxime groups is 1. The topological polar surface area (TPSA) is 90.9 Å². The fourth-order valence-corrected chi connectivity index (χ4v) is 1.71. The maximum atomic E-state index is 14.0. The number of halogens is 1. The number of nitrogens with one attached hydrogen (secondary N) is 1. The fourth-order valence-electron chi connectivity index (χ4n) is 1.71. The van der Waals surface area contributed by atoms with Crippen molar-refractivity contribution < 1.29 is 14.7 Å². The molecule has 0 aliphatic heterocycles. The lowest BCUT2D eigenvalue weighted by Gasteiger charge is -2.09. The average molecular weight is 269 g/mol. The summed E-state index contributed by atoms with van der Waals surface area (Å²) in [4.78, 5) is 0. The molecule has 0 saturated heterocycles. The number of benzene rings is 1. The number of hydrogen-bond acceptors (Lipinski definition) is 4. The number of hydrogen-bond donors (Lipinski definition) is 4. The number of aliphatic hydroxyl groups excluding tert-OH is 1. The highest BCUT2D eigenvalue weighted by molar-refractivity contribution is 5.97. The first-order valence-corrected chi connectivity index (χ1v) is 6.20. The normalized spacial score (nSPS) is 13.5. The zero-order valence-electron chi connectivity index (χ0n) is 10.9. The van der Waals surface area contributed by atoms with Crippen molar-refractivity contribution in [2.75, 3.05) is 6.54 Å². The van der Waals surface area contributed by atoms with Gasteiger partial charge in [-0.1, -0.05) is 17.3 Å². The van der Waals surface area contributed by atoms with E-state index in [4.69, 9.17) is 16.0 Å². The van der Waals surface area contributed by atoms with Crippen LogP contribution in [0.3, 0.4) is 0 Å². The van der Waals surface area contributed by atoms with Crippen molar-refractivity contribution in [1.82, 2.24) is 5.32 Å². The highest BCUT2D eigenvalue weighted by Gasteiger charge is 2.10. The van der Waals surface area contributed by atoms with Gasteiger partial charge in [0.15, 0.2) is 5.84 Å². The van der Waals surface area contributed by atoms with Crippen molar-refractivity contribution in [3.05, 3.63) is 35.1 Å². The van der Waals surface area contributed by atoms with Crippen LogP contribution in [0.15, 0.2) is 23.4 Å². The Hall–Kier alpha value is -1.66. The van der Waals surface area contributed by atoms with Gasteiger partial charge in [-0.2, -0.15) is 0 Å². The molecule has 0 aliphatic carbocycles. The molecule has 0 fully saturated rings. The standard InChI is InChI=1S/C13H20FN3O2/c1-9(18)4-3-7-16-8-10-5-2-6-11(12(10)14)13(15)17-19/h2,5-6,9,16,18-19H,3-4,7-8H2,1H3,(H2,15,17). The molecule has 1 aromatic carbocycles. The lowest BCUT2D eigenvalue weighted by atomic mass is 10.1. The van der Waals surface area contributed by atoms with E-state index in [1.807, 2.05) is 0 Å². The van der Waals surface area contributed by atoms with Crippen molar-refractivity contribution in [1.29, 1.82) is 0 Å². The minimum atomic E-state index is -0.485. The molecule has 0 aliphatic rings. The lowest BCUT2D eigenvalue weighted by Crippen LogP contribution is -2.20. The first-order valence-electron chi connectivity index (χ1n) is 6.20. The van der Waals surface area contributed by atoms with Crippen LogP contribution in [0.4, 0.5) is 4.39 Å². The molecule has 0 bridgehead atoms. The second-order valence-corrected chi connectivity index (χ2v) is 4.43. The summed E-state index contributed by atoms with van der Waals surface area (Å²) >= 11 is 0. The van der Waals surface area contributed by atoms with Gasteiger partial charge in [0.05, 0.1) is 11.7 Å². The van der Waals surface area contributed by atoms with E-state index >= 15 is 0 Å². The van der Waals surface area contributed by atoms with E-state index in [1.165, 1.54) is 6.07 Å². The summed E-state index contributed by atoms with van der Waals surface area (Å²) in [5.74, 6) is -0.728. The highest BCUT2D eigenvalue weighted by atomic mass is 19.1. The molecule has 19 heavy (non-hydrogen) atoms. The van der Waals surface area contributed by atoms with E-state index in [9.17, 15) is 4.39 Å². The van der Waals surface area contributed by atoms with Crippen LogP contribution >= 0.6 is 0 Å². The molecule has 0 heterocycles. The van der Waals surface area contributed by atoms with Gasteiger partial charge in [-0.15, -0.1) is 0 Å². The predicted octanol–water partition coefficient (Wildman–Crippen LogP) is 1.17. The number of aliphatic hydroxyl groups is 1. The Morgan fingerprint density at radius 2 is 2.26 bits per heavy atom. The van der Waals surface area contributed by atoms with Crippen LogP contribution in [0.2, 0.25) is 0 Å². The number of nitrogens with two attached hydrogens (primary N) is 1. The van der Waals surface area contributed by atoms with Crippen molar-refractivity contribution in [3.63, 3.8) is 0 Å². The monoisotopic (exact) mass is 269 g/mol. The van der Waals surface area contributed by atoms with E-state index in [0.717, 1.165) is 6.42 Å². The number of nitrogens with zero attached hydrogens (tertiary/aromatic N) is 1. The van der Waals surface area contributed by atoms with Gasteiger partial charge < -0.3 is 21.4 Å². The third-order valence-electron chi connectivity index (χ3n) is 2.75. The summed E-state index contributed by atoms with van der Waals surface area (Å²) in [5.41, 5.74) is 5.93. The molecule has 0 spiro atoms. The van der Waals surface area contributed by atoms with Crippen LogP contribution in [0.5, 0.6) is 0 Å². The summed E-state index contributed by atoms with van der Waals surface area (Å²) in [6.45, 7) is 2.79. The van der Waals surface area contributed by atoms with Gasteiger partial charge in [-0.25, -0.2) is 4.39 Å². The van der Waals surface area contributed by atoms with Gasteiger partial charge in [0, 0.05) is 12.1 Å². The van der Waals surface area contributed by atoms with Crippen LogP contribution in [-0.4, -0.2) is 28.8 Å². The molecule has 106 valence electrons. The van der Waals surface area contributed by atoms with Crippen molar-refractivity contribution in [2.45, 2.75) is 32.4 Å². The van der Waals surface area contributed by atoms with Crippen LogP contribution in [-0.2, 0) is 6.54 Å². The van der Waals surface area contributed by atoms with Gasteiger partial charge in [0.2, 0.25) is 0 Å². The molecule has 0 saturated carbocycles. The van der Waals surface area contributed by atoms with Gasteiger partial charge in [-0.05, 0) is 32.4 Å². The maximum absolute atomic E-state index is 14.0. The molecule has 1 atom stereocenters. The quantitative estimate of drug-likeness (QED) is 0.197. The van der Waals surface area contributed by atoms with Crippen molar-refractivity contribution in [2.24, 2.45) is 10.9 Å². The maximum Gasteiger partial charge on any atom is 0.173 e. The molecule has 5 nitrogen and oxygen atoms in total. The van der Waals surface area contributed by atoms with Crippen molar-refractivity contribution >= 4 is 5.84 Å². The Balaban J connectivity index is 2.55. The lowest BCUT2D eigenvalue weighted by molar-refractivity contribution is 0.181. The van der Waals surface area contributed by atoms with Gasteiger partial charge >= 0.3 is 0 Å². The van der Waals surface area contributed by atoms with Crippen LogP contribution in [0, 0.1) is 5.82 Å². The summed E-state index contributed by atoms with van der Waals surface area (Å²) in [6, 6.07) is 4.76. The highest BCUT2D eigenvalue weighted by Crippen LogP contribution is 2.12. The molecular weight excluding hydrogens is 249 g/mol. The number of amidine groups is 1. The third-order valence-corrected chi connectivity index (χ3v) is 2.75. The number of rotatable bonds is 7. The summed E-state index contributed by atoms with van der Waals surface area (Å²) in [7, 11) is 0. The van der Waals surface area contributed by atoms with Crippen LogP contribution in [0.1, 0.15) is 30.9 Å². The van der Waals surface area contributed by atoms with Gasteiger partial charge in [0.1, 0.15) is 5.82 Å².